The van der Waals surface area contributed by atoms with Crippen LogP contribution in [0.1, 0.15) is 24.9 Å². The van der Waals surface area contributed by atoms with E-state index in [9.17, 15) is 0 Å². The molecule has 1 aromatic carbocycles. The van der Waals surface area contributed by atoms with Gasteiger partial charge in [0.2, 0.25) is 0 Å². The summed E-state index contributed by atoms with van der Waals surface area (Å²) >= 11 is 0. The molecule has 2 atom stereocenters. The Morgan fingerprint density at radius 3 is 2.38 bits per heavy atom. The molecule has 4 N–H and O–H groups in total. The molecule has 0 amide bonds. The molecule has 1 aromatic rings. The third kappa shape index (κ3) is 3.12. The SMILES string of the molecule is COc1ccc(OC)c(C(N)CC(C)N)c1. The molecule has 90 valence electrons. The van der Waals surface area contributed by atoms with Gasteiger partial charge in [-0.15, -0.1) is 0 Å². The number of nitrogens with two attached hydrogens (primary N) is 2. The number of hydrogen-bond donors (Lipinski definition) is 2. The van der Waals surface area contributed by atoms with Crippen LogP contribution in [0.3, 0.4) is 0 Å². The summed E-state index contributed by atoms with van der Waals surface area (Å²) in [4.78, 5) is 0. The fraction of sp³-hybridized carbons (Fsp3) is 0.500. The first-order valence-corrected chi connectivity index (χ1v) is 5.31. The highest BCUT2D eigenvalue weighted by atomic mass is 16.5. The summed E-state index contributed by atoms with van der Waals surface area (Å²) in [5, 5.41) is 0. The Morgan fingerprint density at radius 2 is 1.88 bits per heavy atom. The van der Waals surface area contributed by atoms with Gasteiger partial charge < -0.3 is 20.9 Å². The lowest BCUT2D eigenvalue weighted by Crippen LogP contribution is -2.23. The average molecular weight is 224 g/mol. The molecule has 4 nitrogen and oxygen atoms in total. The minimum absolute atomic E-state index is 0.0610. The summed E-state index contributed by atoms with van der Waals surface area (Å²) in [5.74, 6) is 1.55. The van der Waals surface area contributed by atoms with E-state index >= 15 is 0 Å². The van der Waals surface area contributed by atoms with Crippen molar-refractivity contribution in [1.82, 2.24) is 0 Å². The lowest BCUT2D eigenvalue weighted by molar-refractivity contribution is 0.392. The minimum Gasteiger partial charge on any atom is -0.497 e. The van der Waals surface area contributed by atoms with Crippen LogP contribution in [0.5, 0.6) is 11.5 Å². The van der Waals surface area contributed by atoms with Gasteiger partial charge in [0.25, 0.3) is 0 Å². The third-order valence-corrected chi connectivity index (χ3v) is 2.46. The van der Waals surface area contributed by atoms with Crippen LogP contribution < -0.4 is 20.9 Å². The van der Waals surface area contributed by atoms with Crippen molar-refractivity contribution in [3.8, 4) is 11.5 Å². The zero-order valence-corrected chi connectivity index (χ0v) is 10.1. The number of benzene rings is 1. The Morgan fingerprint density at radius 1 is 1.19 bits per heavy atom. The molecule has 0 aromatic heterocycles. The second-order valence-electron chi connectivity index (χ2n) is 3.93. The van der Waals surface area contributed by atoms with E-state index in [1.807, 2.05) is 25.1 Å². The maximum Gasteiger partial charge on any atom is 0.123 e. The van der Waals surface area contributed by atoms with Crippen molar-refractivity contribution >= 4 is 0 Å². The van der Waals surface area contributed by atoms with E-state index in [1.165, 1.54) is 0 Å². The highest BCUT2D eigenvalue weighted by Gasteiger charge is 2.14. The van der Waals surface area contributed by atoms with E-state index in [-0.39, 0.29) is 12.1 Å². The van der Waals surface area contributed by atoms with Crippen LogP contribution in [-0.2, 0) is 0 Å². The van der Waals surface area contributed by atoms with Gasteiger partial charge in [0.05, 0.1) is 14.2 Å². The Bertz CT molecular complexity index is 340. The largest absolute Gasteiger partial charge is 0.497 e. The maximum absolute atomic E-state index is 6.08. The summed E-state index contributed by atoms with van der Waals surface area (Å²) in [6, 6.07) is 5.53. The Balaban J connectivity index is 2.98. The molecule has 0 bridgehead atoms. The number of hydrogen-bond acceptors (Lipinski definition) is 4. The molecule has 0 spiro atoms. The second kappa shape index (κ2) is 5.72. The molecule has 0 radical (unpaired) electrons. The Hall–Kier alpha value is -1.26. The maximum atomic E-state index is 6.08. The minimum atomic E-state index is -0.134. The molecule has 0 saturated carbocycles. The van der Waals surface area contributed by atoms with Crippen molar-refractivity contribution in [2.45, 2.75) is 25.4 Å². The fourth-order valence-electron chi connectivity index (χ4n) is 1.66. The van der Waals surface area contributed by atoms with Gasteiger partial charge in [0, 0.05) is 17.6 Å². The molecule has 16 heavy (non-hydrogen) atoms. The first-order chi connectivity index (χ1) is 7.58. The third-order valence-electron chi connectivity index (χ3n) is 2.46. The predicted octanol–water partition coefficient (Wildman–Crippen LogP) is 1.44. The van der Waals surface area contributed by atoms with Gasteiger partial charge in [-0.1, -0.05) is 0 Å². The van der Waals surface area contributed by atoms with Crippen LogP contribution in [0.25, 0.3) is 0 Å². The second-order valence-corrected chi connectivity index (χ2v) is 3.93. The van der Waals surface area contributed by atoms with E-state index in [2.05, 4.69) is 0 Å². The van der Waals surface area contributed by atoms with E-state index in [0.29, 0.717) is 6.42 Å². The summed E-state index contributed by atoms with van der Waals surface area (Å²) in [6.07, 6.45) is 0.712. The highest BCUT2D eigenvalue weighted by molar-refractivity contribution is 5.42. The van der Waals surface area contributed by atoms with Crippen LogP contribution in [0.2, 0.25) is 0 Å². The van der Waals surface area contributed by atoms with E-state index in [0.717, 1.165) is 17.1 Å². The molecule has 0 aliphatic heterocycles. The van der Waals surface area contributed by atoms with Crippen LogP contribution in [0.4, 0.5) is 0 Å². The van der Waals surface area contributed by atoms with Gasteiger partial charge in [-0.25, -0.2) is 0 Å². The van der Waals surface area contributed by atoms with Gasteiger partial charge in [-0.3, -0.25) is 0 Å². The first kappa shape index (κ1) is 12.8. The molecule has 1 rings (SSSR count). The van der Waals surface area contributed by atoms with Crippen molar-refractivity contribution in [1.29, 1.82) is 0 Å². The zero-order chi connectivity index (χ0) is 12.1. The topological polar surface area (TPSA) is 70.5 Å². The molecule has 0 saturated heterocycles. The van der Waals surface area contributed by atoms with Crippen LogP contribution >= 0.6 is 0 Å². The van der Waals surface area contributed by atoms with Crippen molar-refractivity contribution in [3.05, 3.63) is 23.8 Å². The van der Waals surface area contributed by atoms with E-state index in [1.54, 1.807) is 14.2 Å². The van der Waals surface area contributed by atoms with E-state index < -0.39 is 0 Å². The van der Waals surface area contributed by atoms with Crippen molar-refractivity contribution in [2.24, 2.45) is 11.5 Å². The number of ether oxygens (including phenoxy) is 2. The smallest absolute Gasteiger partial charge is 0.123 e. The standard InChI is InChI=1S/C12H20N2O2/c1-8(13)6-11(14)10-7-9(15-2)4-5-12(10)16-3/h4-5,7-8,11H,6,13-14H2,1-3H3. The molecule has 0 aliphatic carbocycles. The zero-order valence-electron chi connectivity index (χ0n) is 10.1. The normalized spacial score (nSPS) is 14.3. The van der Waals surface area contributed by atoms with Gasteiger partial charge in [0.15, 0.2) is 0 Å². The molecule has 2 unspecified atom stereocenters. The van der Waals surface area contributed by atoms with Gasteiger partial charge in [-0.2, -0.15) is 0 Å². The first-order valence-electron chi connectivity index (χ1n) is 5.31. The summed E-state index contributed by atoms with van der Waals surface area (Å²) in [6.45, 7) is 1.94. The van der Waals surface area contributed by atoms with Crippen LogP contribution in [-0.4, -0.2) is 20.3 Å². The molecule has 0 heterocycles. The molecule has 4 heteroatoms. The summed E-state index contributed by atoms with van der Waals surface area (Å²) < 4.78 is 10.4. The van der Waals surface area contributed by atoms with Crippen LogP contribution in [0, 0.1) is 0 Å². The van der Waals surface area contributed by atoms with Crippen LogP contribution in [0.15, 0.2) is 18.2 Å². The van der Waals surface area contributed by atoms with E-state index in [4.69, 9.17) is 20.9 Å². The van der Waals surface area contributed by atoms with Crippen molar-refractivity contribution < 1.29 is 9.47 Å². The quantitative estimate of drug-likeness (QED) is 0.794. The lowest BCUT2D eigenvalue weighted by atomic mass is 10.00. The summed E-state index contributed by atoms with van der Waals surface area (Å²) in [5.41, 5.74) is 12.8. The van der Waals surface area contributed by atoms with Gasteiger partial charge >= 0.3 is 0 Å². The number of methoxy groups -OCH3 is 2. The summed E-state index contributed by atoms with van der Waals surface area (Å²) in [7, 11) is 3.26. The average Bonchev–Trinajstić information content (AvgIpc) is 2.27. The number of rotatable bonds is 5. The molecular formula is C12H20N2O2. The van der Waals surface area contributed by atoms with Crippen molar-refractivity contribution in [3.63, 3.8) is 0 Å². The lowest BCUT2D eigenvalue weighted by Gasteiger charge is -2.18. The molecule has 0 fully saturated rings. The van der Waals surface area contributed by atoms with Crippen molar-refractivity contribution in [2.75, 3.05) is 14.2 Å². The predicted molar refractivity (Wildman–Crippen MR) is 64.7 cm³/mol. The monoisotopic (exact) mass is 224 g/mol. The molecular weight excluding hydrogens is 204 g/mol. The molecule has 0 aliphatic rings. The van der Waals surface area contributed by atoms with Gasteiger partial charge in [-0.05, 0) is 31.5 Å². The fourth-order valence-corrected chi connectivity index (χ4v) is 1.66. The Kier molecular flexibility index (Phi) is 4.58. The van der Waals surface area contributed by atoms with Gasteiger partial charge in [0.1, 0.15) is 11.5 Å². The Labute approximate surface area is 96.5 Å². The highest BCUT2D eigenvalue weighted by Crippen LogP contribution is 2.29.